The normalized spacial score (nSPS) is 16.2. The first kappa shape index (κ1) is 17.1. The van der Waals surface area contributed by atoms with Gasteiger partial charge in [0.25, 0.3) is 5.91 Å². The number of anilines is 1. The van der Waals surface area contributed by atoms with Gasteiger partial charge in [-0.25, -0.2) is 0 Å². The second kappa shape index (κ2) is 7.04. The topological polar surface area (TPSA) is 94.9 Å². The van der Waals surface area contributed by atoms with Crippen molar-refractivity contribution in [3.63, 3.8) is 0 Å². The lowest BCUT2D eigenvalue weighted by Gasteiger charge is -2.12. The predicted octanol–water partition coefficient (Wildman–Crippen LogP) is 2.54. The summed E-state index contributed by atoms with van der Waals surface area (Å²) in [7, 11) is 3.04. The van der Waals surface area contributed by atoms with Crippen molar-refractivity contribution >= 4 is 29.0 Å². The van der Waals surface area contributed by atoms with Crippen molar-refractivity contribution in [3.05, 3.63) is 40.6 Å². The Morgan fingerprint density at radius 1 is 1.28 bits per heavy atom. The number of hydroxylamine groups is 1. The molecule has 2 aromatic rings. The second-order valence-corrected chi connectivity index (χ2v) is 5.63. The number of nitrogens with zero attached hydrogens (tertiary/aromatic N) is 1. The molecular formula is C16H16ClN3O5. The summed E-state index contributed by atoms with van der Waals surface area (Å²) in [5.41, 5.74) is 3.90. The fourth-order valence-corrected chi connectivity index (χ4v) is 2.55. The molecule has 1 atom stereocenters. The predicted molar refractivity (Wildman–Crippen MR) is 90.4 cm³/mol. The van der Waals surface area contributed by atoms with Crippen molar-refractivity contribution < 1.29 is 23.6 Å². The molecule has 1 aromatic heterocycles. The van der Waals surface area contributed by atoms with Crippen LogP contribution in [0, 0.1) is 6.92 Å². The first-order chi connectivity index (χ1) is 12.0. The number of nitrogens with one attached hydrogen (secondary N) is 2. The molecule has 1 amide bonds. The maximum absolute atomic E-state index is 12.2. The molecule has 0 fully saturated rings. The highest BCUT2D eigenvalue weighted by Gasteiger charge is 2.27. The maximum Gasteiger partial charge on any atom is 0.261 e. The molecule has 0 saturated carbocycles. The van der Waals surface area contributed by atoms with Gasteiger partial charge in [-0.15, -0.1) is 0 Å². The molecule has 0 saturated heterocycles. The zero-order valence-electron chi connectivity index (χ0n) is 13.8. The highest BCUT2D eigenvalue weighted by Crippen LogP contribution is 2.36. The number of hydrogen-bond donors (Lipinski definition) is 2. The molecule has 0 unspecified atom stereocenters. The van der Waals surface area contributed by atoms with E-state index >= 15 is 0 Å². The number of halogens is 1. The van der Waals surface area contributed by atoms with E-state index in [9.17, 15) is 4.79 Å². The van der Waals surface area contributed by atoms with E-state index in [1.807, 2.05) is 0 Å². The maximum atomic E-state index is 12.2. The lowest BCUT2D eigenvalue weighted by atomic mass is 10.1. The van der Waals surface area contributed by atoms with Crippen LogP contribution in [0.25, 0.3) is 5.70 Å². The minimum Gasteiger partial charge on any atom is -0.496 e. The molecule has 0 bridgehead atoms. The number of methoxy groups -OCH3 is 2. The van der Waals surface area contributed by atoms with Crippen molar-refractivity contribution in [1.82, 2.24) is 10.6 Å². The number of carbonyl (C=O) groups is 1. The van der Waals surface area contributed by atoms with E-state index in [0.717, 1.165) is 0 Å². The molecule has 1 aliphatic heterocycles. The third-order valence-electron chi connectivity index (χ3n) is 3.52. The monoisotopic (exact) mass is 365 g/mol. The molecule has 8 nitrogen and oxygen atoms in total. The van der Waals surface area contributed by atoms with Crippen LogP contribution in [0.5, 0.6) is 11.5 Å². The van der Waals surface area contributed by atoms with Crippen molar-refractivity contribution in [2.24, 2.45) is 0 Å². The average molecular weight is 366 g/mol. The van der Waals surface area contributed by atoms with Gasteiger partial charge in [0, 0.05) is 17.7 Å². The van der Waals surface area contributed by atoms with Crippen LogP contribution in [-0.4, -0.2) is 31.4 Å². The Kier molecular flexibility index (Phi) is 4.82. The smallest absolute Gasteiger partial charge is 0.261 e. The van der Waals surface area contributed by atoms with Crippen LogP contribution in [0.15, 0.2) is 28.8 Å². The lowest BCUT2D eigenvalue weighted by molar-refractivity contribution is -0.125. The van der Waals surface area contributed by atoms with E-state index in [1.54, 1.807) is 31.2 Å². The molecule has 9 heteroatoms. The van der Waals surface area contributed by atoms with Gasteiger partial charge < -0.3 is 19.3 Å². The first-order valence-electron chi connectivity index (χ1n) is 7.31. The van der Waals surface area contributed by atoms with Gasteiger partial charge in [-0.05, 0) is 19.1 Å². The fourth-order valence-electron chi connectivity index (χ4n) is 2.31. The van der Waals surface area contributed by atoms with Gasteiger partial charge in [0.2, 0.25) is 0 Å². The average Bonchev–Trinajstić information content (AvgIpc) is 3.24. The van der Waals surface area contributed by atoms with Gasteiger partial charge in [-0.3, -0.25) is 15.1 Å². The molecule has 25 heavy (non-hydrogen) atoms. The second-order valence-electron chi connectivity index (χ2n) is 5.22. The van der Waals surface area contributed by atoms with Crippen LogP contribution in [0.2, 0.25) is 5.02 Å². The molecule has 1 aliphatic rings. The molecule has 3 rings (SSSR count). The van der Waals surface area contributed by atoms with Crippen molar-refractivity contribution in [2.75, 3.05) is 19.5 Å². The molecule has 132 valence electrons. The van der Waals surface area contributed by atoms with E-state index in [1.165, 1.54) is 14.2 Å². The highest BCUT2D eigenvalue weighted by atomic mass is 35.5. The van der Waals surface area contributed by atoms with Gasteiger partial charge in [-0.1, -0.05) is 16.8 Å². The highest BCUT2D eigenvalue weighted by molar-refractivity contribution is 6.32. The lowest BCUT2D eigenvalue weighted by Crippen LogP contribution is -2.28. The Labute approximate surface area is 148 Å². The number of hydrogen-bond acceptors (Lipinski definition) is 7. The molecule has 2 heterocycles. The SMILES string of the molecule is COc1cc(OC)c(C2=C[C@@H](C(=O)Nc3cc(C)on3)ON2)cc1Cl. The summed E-state index contributed by atoms with van der Waals surface area (Å²) in [4.78, 5) is 17.6. The zero-order chi connectivity index (χ0) is 18.0. The van der Waals surface area contributed by atoms with E-state index in [4.69, 9.17) is 30.4 Å². The van der Waals surface area contributed by atoms with Crippen LogP contribution < -0.4 is 20.3 Å². The molecule has 0 aliphatic carbocycles. The number of aromatic nitrogens is 1. The van der Waals surface area contributed by atoms with Crippen LogP contribution in [-0.2, 0) is 9.63 Å². The summed E-state index contributed by atoms with van der Waals surface area (Å²) in [5, 5.41) is 6.72. The summed E-state index contributed by atoms with van der Waals surface area (Å²) in [6.07, 6.45) is 0.765. The summed E-state index contributed by atoms with van der Waals surface area (Å²) in [5.74, 6) is 1.52. The standard InChI is InChI=1S/C16H16ClN3O5/c1-8-4-15(20-24-8)18-16(21)14-6-11(19-25-14)9-5-10(17)13(23-3)7-12(9)22-2/h4-7,14,19H,1-3H3,(H,18,20,21)/t14-/m0/s1. The quantitative estimate of drug-likeness (QED) is 0.840. The van der Waals surface area contributed by atoms with E-state index in [-0.39, 0.29) is 0 Å². The van der Waals surface area contributed by atoms with Gasteiger partial charge in [0.1, 0.15) is 17.3 Å². The van der Waals surface area contributed by atoms with Gasteiger partial charge in [0.15, 0.2) is 11.9 Å². The third kappa shape index (κ3) is 3.54. The Bertz CT molecular complexity index is 833. The van der Waals surface area contributed by atoms with Crippen LogP contribution >= 0.6 is 11.6 Å². The summed E-state index contributed by atoms with van der Waals surface area (Å²) in [6, 6.07) is 4.94. The zero-order valence-corrected chi connectivity index (χ0v) is 14.5. The summed E-state index contributed by atoms with van der Waals surface area (Å²) >= 11 is 6.17. The molecule has 0 spiro atoms. The van der Waals surface area contributed by atoms with Gasteiger partial charge in [0.05, 0.1) is 24.9 Å². The Hall–Kier alpha value is -2.71. The first-order valence-corrected chi connectivity index (χ1v) is 7.69. The Morgan fingerprint density at radius 2 is 2.04 bits per heavy atom. The third-order valence-corrected chi connectivity index (χ3v) is 3.81. The fraction of sp³-hybridized carbons (Fsp3) is 0.250. The number of aryl methyl sites for hydroxylation is 1. The van der Waals surface area contributed by atoms with Crippen LogP contribution in [0.4, 0.5) is 5.82 Å². The van der Waals surface area contributed by atoms with Gasteiger partial charge >= 0.3 is 0 Å². The Balaban J connectivity index is 1.81. The van der Waals surface area contributed by atoms with Crippen molar-refractivity contribution in [3.8, 4) is 11.5 Å². The van der Waals surface area contributed by atoms with Gasteiger partial charge in [-0.2, -0.15) is 0 Å². The molecule has 1 aromatic carbocycles. The van der Waals surface area contributed by atoms with Crippen molar-refractivity contribution in [1.29, 1.82) is 0 Å². The number of ether oxygens (including phenoxy) is 2. The minimum absolute atomic E-state index is 0.318. The largest absolute Gasteiger partial charge is 0.496 e. The van der Waals surface area contributed by atoms with E-state index < -0.39 is 12.0 Å². The van der Waals surface area contributed by atoms with E-state index in [0.29, 0.717) is 39.4 Å². The Morgan fingerprint density at radius 3 is 2.68 bits per heavy atom. The number of benzene rings is 1. The molecule has 2 N–H and O–H groups in total. The molecular weight excluding hydrogens is 350 g/mol. The minimum atomic E-state index is -0.849. The molecule has 0 radical (unpaired) electrons. The van der Waals surface area contributed by atoms with E-state index in [2.05, 4.69) is 16.0 Å². The summed E-state index contributed by atoms with van der Waals surface area (Å²) in [6.45, 7) is 1.73. The van der Waals surface area contributed by atoms with Crippen LogP contribution in [0.1, 0.15) is 11.3 Å². The summed E-state index contributed by atoms with van der Waals surface area (Å²) < 4.78 is 15.4. The van der Waals surface area contributed by atoms with Crippen molar-refractivity contribution in [2.45, 2.75) is 13.0 Å². The number of amides is 1. The number of rotatable bonds is 5. The van der Waals surface area contributed by atoms with Crippen LogP contribution in [0.3, 0.4) is 0 Å². The number of carbonyl (C=O) groups excluding carboxylic acids is 1.